The molecule has 0 amide bonds. The van der Waals surface area contributed by atoms with Crippen LogP contribution in [0.2, 0.25) is 0 Å². The molecule has 0 spiro atoms. The van der Waals surface area contributed by atoms with Crippen LogP contribution >= 0.6 is 0 Å². The molecule has 0 aliphatic carbocycles. The fraction of sp³-hybridized carbons (Fsp3) is 1.00. The number of hydrogen-bond acceptors (Lipinski definition) is 3. The Morgan fingerprint density at radius 1 is 1.46 bits per heavy atom. The molecule has 13 heavy (non-hydrogen) atoms. The average Bonchev–Trinajstić information content (AvgIpc) is 1.98. The molecule has 1 aliphatic rings. The van der Waals surface area contributed by atoms with Crippen LogP contribution in [0.15, 0.2) is 0 Å². The molecule has 5 heteroatoms. The summed E-state index contributed by atoms with van der Waals surface area (Å²) >= 11 is 0. The van der Waals surface area contributed by atoms with Crippen LogP contribution in [0, 0.1) is 0 Å². The Hall–Kier alpha value is -0.130. The monoisotopic (exact) mass is 207 g/mol. The van der Waals surface area contributed by atoms with Gasteiger partial charge >= 0.3 is 0 Å². The van der Waals surface area contributed by atoms with Crippen molar-refractivity contribution in [3.05, 3.63) is 0 Å². The first-order valence-electron chi connectivity index (χ1n) is 4.41. The molecular formula is C8H17NO3S. The molecule has 0 bridgehead atoms. The molecule has 0 aromatic heterocycles. The standard InChI is InChI=1S/C8H17NO3S/c1-6(2)13(10,11)9-7-5-12-8(7,3)4/h6-7,9H,5H2,1-4H3. The highest BCUT2D eigenvalue weighted by Gasteiger charge is 2.42. The van der Waals surface area contributed by atoms with Crippen LogP contribution in [-0.2, 0) is 14.8 Å². The first-order valence-corrected chi connectivity index (χ1v) is 5.95. The maximum atomic E-state index is 11.5. The summed E-state index contributed by atoms with van der Waals surface area (Å²) in [5.41, 5.74) is -0.359. The molecule has 4 nitrogen and oxygen atoms in total. The van der Waals surface area contributed by atoms with Crippen molar-refractivity contribution in [1.82, 2.24) is 4.72 Å². The normalized spacial score (nSPS) is 27.3. The predicted octanol–water partition coefficient (Wildman–Crippen LogP) is 0.492. The van der Waals surface area contributed by atoms with Gasteiger partial charge in [0.2, 0.25) is 10.0 Å². The summed E-state index contributed by atoms with van der Waals surface area (Å²) < 4.78 is 30.8. The van der Waals surface area contributed by atoms with Crippen LogP contribution in [0.5, 0.6) is 0 Å². The van der Waals surface area contributed by atoms with E-state index in [9.17, 15) is 8.42 Å². The van der Waals surface area contributed by atoms with Gasteiger partial charge in [-0.15, -0.1) is 0 Å². The van der Waals surface area contributed by atoms with E-state index >= 15 is 0 Å². The maximum Gasteiger partial charge on any atom is 0.214 e. The second-order valence-corrected chi connectivity index (χ2v) is 6.45. The van der Waals surface area contributed by atoms with Gasteiger partial charge in [-0.3, -0.25) is 0 Å². The zero-order valence-electron chi connectivity index (χ0n) is 8.49. The second kappa shape index (κ2) is 3.22. The van der Waals surface area contributed by atoms with Gasteiger partial charge in [0.15, 0.2) is 0 Å². The molecular weight excluding hydrogens is 190 g/mol. The molecule has 1 fully saturated rings. The van der Waals surface area contributed by atoms with E-state index in [-0.39, 0.29) is 16.9 Å². The van der Waals surface area contributed by atoms with Crippen molar-refractivity contribution in [3.63, 3.8) is 0 Å². The Kier molecular flexibility index (Phi) is 2.71. The van der Waals surface area contributed by atoms with Gasteiger partial charge in [-0.2, -0.15) is 0 Å². The maximum absolute atomic E-state index is 11.5. The SMILES string of the molecule is CC(C)S(=O)(=O)NC1COC1(C)C. The first-order chi connectivity index (χ1) is 5.76. The number of ether oxygens (including phenoxy) is 1. The van der Waals surface area contributed by atoms with Crippen LogP contribution in [0.3, 0.4) is 0 Å². The van der Waals surface area contributed by atoms with Gasteiger partial charge in [0.1, 0.15) is 0 Å². The Labute approximate surface area is 79.7 Å². The Bertz CT molecular complexity index is 282. The van der Waals surface area contributed by atoms with Crippen molar-refractivity contribution in [1.29, 1.82) is 0 Å². The number of sulfonamides is 1. The topological polar surface area (TPSA) is 55.4 Å². The summed E-state index contributed by atoms with van der Waals surface area (Å²) in [4.78, 5) is 0. The summed E-state index contributed by atoms with van der Waals surface area (Å²) in [6.07, 6.45) is 0. The summed E-state index contributed by atoms with van der Waals surface area (Å²) in [5.74, 6) is 0. The molecule has 0 aromatic rings. The lowest BCUT2D eigenvalue weighted by Gasteiger charge is -2.44. The van der Waals surface area contributed by atoms with Crippen LogP contribution in [0.4, 0.5) is 0 Å². The summed E-state index contributed by atoms with van der Waals surface area (Å²) in [6, 6.07) is -0.0834. The summed E-state index contributed by atoms with van der Waals surface area (Å²) in [6.45, 7) is 7.55. The molecule has 1 unspecified atom stereocenters. The molecule has 0 radical (unpaired) electrons. The fourth-order valence-electron chi connectivity index (χ4n) is 1.01. The molecule has 1 saturated heterocycles. The third-order valence-corrected chi connectivity index (χ3v) is 4.24. The predicted molar refractivity (Wildman–Crippen MR) is 51.0 cm³/mol. The van der Waals surface area contributed by atoms with E-state index in [1.165, 1.54) is 0 Å². The minimum Gasteiger partial charge on any atom is -0.372 e. The highest BCUT2D eigenvalue weighted by Crippen LogP contribution is 2.26. The van der Waals surface area contributed by atoms with Crippen LogP contribution in [0.25, 0.3) is 0 Å². The molecule has 1 aliphatic heterocycles. The van der Waals surface area contributed by atoms with E-state index in [2.05, 4.69) is 4.72 Å². The highest BCUT2D eigenvalue weighted by atomic mass is 32.2. The van der Waals surface area contributed by atoms with Crippen LogP contribution < -0.4 is 4.72 Å². The van der Waals surface area contributed by atoms with Crippen molar-refractivity contribution in [3.8, 4) is 0 Å². The van der Waals surface area contributed by atoms with Gasteiger partial charge in [-0.05, 0) is 27.7 Å². The van der Waals surface area contributed by atoms with E-state index in [0.717, 1.165) is 0 Å². The van der Waals surface area contributed by atoms with E-state index in [1.807, 2.05) is 13.8 Å². The lowest BCUT2D eigenvalue weighted by Crippen LogP contribution is -2.62. The average molecular weight is 207 g/mol. The first kappa shape index (κ1) is 10.9. The zero-order chi connectivity index (χ0) is 10.3. The zero-order valence-corrected chi connectivity index (χ0v) is 9.31. The quantitative estimate of drug-likeness (QED) is 0.733. The molecule has 1 heterocycles. The highest BCUT2D eigenvalue weighted by molar-refractivity contribution is 7.90. The van der Waals surface area contributed by atoms with E-state index in [1.54, 1.807) is 13.8 Å². The fourth-order valence-corrected chi connectivity index (χ4v) is 2.03. The van der Waals surface area contributed by atoms with Crippen LogP contribution in [-0.4, -0.2) is 31.9 Å². The Morgan fingerprint density at radius 3 is 2.23 bits per heavy atom. The molecule has 1 atom stereocenters. The third-order valence-electron chi connectivity index (χ3n) is 2.39. The van der Waals surface area contributed by atoms with E-state index < -0.39 is 10.0 Å². The van der Waals surface area contributed by atoms with Crippen molar-refractivity contribution in [2.75, 3.05) is 6.61 Å². The lowest BCUT2D eigenvalue weighted by atomic mass is 9.95. The second-order valence-electron chi connectivity index (χ2n) is 4.18. The van der Waals surface area contributed by atoms with Gasteiger partial charge in [0, 0.05) is 0 Å². The largest absolute Gasteiger partial charge is 0.372 e. The lowest BCUT2D eigenvalue weighted by molar-refractivity contribution is -0.146. The Morgan fingerprint density at radius 2 is 2.00 bits per heavy atom. The van der Waals surface area contributed by atoms with Gasteiger partial charge < -0.3 is 4.74 Å². The van der Waals surface area contributed by atoms with Crippen LogP contribution in [0.1, 0.15) is 27.7 Å². The summed E-state index contributed by atoms with van der Waals surface area (Å²) in [7, 11) is -3.16. The van der Waals surface area contributed by atoms with Gasteiger partial charge in [0.05, 0.1) is 23.5 Å². The molecule has 78 valence electrons. The van der Waals surface area contributed by atoms with E-state index in [0.29, 0.717) is 6.61 Å². The van der Waals surface area contributed by atoms with Crippen molar-refractivity contribution >= 4 is 10.0 Å². The van der Waals surface area contributed by atoms with Crippen molar-refractivity contribution in [2.45, 2.75) is 44.6 Å². The smallest absolute Gasteiger partial charge is 0.214 e. The third kappa shape index (κ3) is 2.21. The minimum atomic E-state index is -3.16. The van der Waals surface area contributed by atoms with Gasteiger partial charge in [-0.1, -0.05) is 0 Å². The number of rotatable bonds is 3. The minimum absolute atomic E-state index is 0.0834. The molecule has 0 aromatic carbocycles. The van der Waals surface area contributed by atoms with Gasteiger partial charge in [-0.25, -0.2) is 13.1 Å². The molecule has 0 saturated carbocycles. The molecule has 1 N–H and O–H groups in total. The number of nitrogens with one attached hydrogen (secondary N) is 1. The summed E-state index contributed by atoms with van der Waals surface area (Å²) in [5, 5.41) is -0.385. The van der Waals surface area contributed by atoms with Crippen molar-refractivity contribution < 1.29 is 13.2 Å². The van der Waals surface area contributed by atoms with Crippen molar-refractivity contribution in [2.24, 2.45) is 0 Å². The van der Waals surface area contributed by atoms with Gasteiger partial charge in [0.25, 0.3) is 0 Å². The molecule has 1 rings (SSSR count). The van der Waals surface area contributed by atoms with E-state index in [4.69, 9.17) is 4.74 Å². The Balaban J connectivity index is 2.61. The number of hydrogen-bond donors (Lipinski definition) is 1.